The Kier molecular flexibility index (Phi) is 4.63. The Labute approximate surface area is 147 Å². The minimum Gasteiger partial charge on any atom is -0.497 e. The van der Waals surface area contributed by atoms with E-state index in [0.29, 0.717) is 11.3 Å². The zero-order valence-electron chi connectivity index (χ0n) is 13.9. The lowest BCUT2D eigenvalue weighted by Gasteiger charge is -2.17. The summed E-state index contributed by atoms with van der Waals surface area (Å²) in [6.45, 7) is 0. The van der Waals surface area contributed by atoms with Crippen LogP contribution in [0.2, 0.25) is 0 Å². The largest absolute Gasteiger partial charge is 0.497 e. The smallest absolute Gasteiger partial charge is 0.416 e. The van der Waals surface area contributed by atoms with Crippen LogP contribution in [0.3, 0.4) is 0 Å². The number of hydrogen-bond acceptors (Lipinski definition) is 2. The van der Waals surface area contributed by atoms with Gasteiger partial charge in [-0.3, -0.25) is 4.79 Å². The number of rotatable bonds is 5. The van der Waals surface area contributed by atoms with Gasteiger partial charge in [-0.2, -0.15) is 13.2 Å². The van der Waals surface area contributed by atoms with Crippen LogP contribution in [-0.2, 0) is 11.0 Å². The number of hydrogen-bond donors (Lipinski definition) is 2. The van der Waals surface area contributed by atoms with E-state index in [1.807, 2.05) is 12.1 Å². The van der Waals surface area contributed by atoms with Crippen molar-refractivity contribution in [3.8, 4) is 5.75 Å². The number of primary amides is 1. The summed E-state index contributed by atoms with van der Waals surface area (Å²) in [5, 5.41) is 0.829. The molecule has 0 saturated carbocycles. The van der Waals surface area contributed by atoms with Crippen molar-refractivity contribution in [2.45, 2.75) is 18.5 Å². The van der Waals surface area contributed by atoms with E-state index >= 15 is 0 Å². The molecule has 0 radical (unpaired) electrons. The van der Waals surface area contributed by atoms with Crippen LogP contribution in [0, 0.1) is 0 Å². The van der Waals surface area contributed by atoms with Gasteiger partial charge < -0.3 is 15.5 Å². The molecule has 3 rings (SSSR count). The summed E-state index contributed by atoms with van der Waals surface area (Å²) in [5.74, 6) is -0.355. The highest BCUT2D eigenvalue weighted by Gasteiger charge is 2.30. The second-order valence-electron chi connectivity index (χ2n) is 6.00. The number of nitrogens with one attached hydrogen (secondary N) is 1. The minimum absolute atomic E-state index is 0.0183. The molecule has 0 aliphatic carbocycles. The number of amides is 1. The van der Waals surface area contributed by atoms with Crippen molar-refractivity contribution < 1.29 is 22.7 Å². The third-order valence-electron chi connectivity index (χ3n) is 4.34. The topological polar surface area (TPSA) is 68.1 Å². The number of methoxy groups -OCH3 is 1. The second-order valence-corrected chi connectivity index (χ2v) is 6.00. The lowest BCUT2D eigenvalue weighted by Crippen LogP contribution is -2.16. The Hall–Kier alpha value is -2.96. The van der Waals surface area contributed by atoms with Crippen molar-refractivity contribution in [2.75, 3.05) is 7.11 Å². The molecule has 1 aromatic heterocycles. The molecule has 3 aromatic rings. The lowest BCUT2D eigenvalue weighted by atomic mass is 9.87. The van der Waals surface area contributed by atoms with Crippen LogP contribution < -0.4 is 10.5 Å². The first-order valence-electron chi connectivity index (χ1n) is 7.90. The van der Waals surface area contributed by atoms with E-state index in [2.05, 4.69) is 4.98 Å². The quantitative estimate of drug-likeness (QED) is 0.714. The van der Waals surface area contributed by atoms with E-state index in [1.165, 1.54) is 12.1 Å². The van der Waals surface area contributed by atoms with Gasteiger partial charge in [0.1, 0.15) is 5.75 Å². The van der Waals surface area contributed by atoms with Crippen LogP contribution in [-0.4, -0.2) is 18.0 Å². The molecule has 0 spiro atoms. The number of aromatic amines is 1. The molecule has 0 saturated heterocycles. The Morgan fingerprint density at radius 1 is 1.19 bits per heavy atom. The first kappa shape index (κ1) is 17.8. The number of fused-ring (bicyclic) bond motifs is 1. The summed E-state index contributed by atoms with van der Waals surface area (Å²) in [5.41, 5.74) is 6.84. The predicted octanol–water partition coefficient (Wildman–Crippen LogP) is 4.20. The Bertz CT molecular complexity index is 930. The monoisotopic (exact) mass is 362 g/mol. The number of benzene rings is 2. The second kappa shape index (κ2) is 6.74. The minimum atomic E-state index is -4.41. The van der Waals surface area contributed by atoms with Crippen LogP contribution in [0.15, 0.2) is 48.7 Å². The molecule has 2 aromatic carbocycles. The van der Waals surface area contributed by atoms with E-state index < -0.39 is 23.6 Å². The number of ether oxygens (including phenoxy) is 1. The summed E-state index contributed by atoms with van der Waals surface area (Å²) in [4.78, 5) is 14.7. The number of alkyl halides is 3. The molecule has 0 fully saturated rings. The van der Waals surface area contributed by atoms with E-state index in [4.69, 9.17) is 10.5 Å². The number of H-pyrrole nitrogens is 1. The summed E-state index contributed by atoms with van der Waals surface area (Å²) in [7, 11) is 1.55. The summed E-state index contributed by atoms with van der Waals surface area (Å²) < 4.78 is 43.6. The zero-order chi connectivity index (χ0) is 18.9. The maximum atomic E-state index is 12.8. The van der Waals surface area contributed by atoms with Gasteiger partial charge in [0, 0.05) is 29.4 Å². The van der Waals surface area contributed by atoms with E-state index in [0.717, 1.165) is 28.6 Å². The molecular weight excluding hydrogens is 345 g/mol. The molecule has 4 nitrogen and oxygen atoms in total. The molecule has 0 bridgehead atoms. The van der Waals surface area contributed by atoms with Crippen molar-refractivity contribution in [3.63, 3.8) is 0 Å². The first-order chi connectivity index (χ1) is 12.3. The maximum Gasteiger partial charge on any atom is 0.416 e. The van der Waals surface area contributed by atoms with Crippen LogP contribution >= 0.6 is 0 Å². The Morgan fingerprint density at radius 3 is 2.46 bits per heavy atom. The van der Waals surface area contributed by atoms with Gasteiger partial charge in [0.05, 0.1) is 12.7 Å². The van der Waals surface area contributed by atoms with Gasteiger partial charge in [-0.15, -0.1) is 0 Å². The SMILES string of the molecule is COc1ccc2[nH]cc(C(CC(N)=O)c3ccc(C(F)(F)F)cc3)c2c1. The third kappa shape index (κ3) is 3.51. The molecule has 3 N–H and O–H groups in total. The van der Waals surface area contributed by atoms with Gasteiger partial charge >= 0.3 is 6.18 Å². The fraction of sp³-hybridized carbons (Fsp3) is 0.211. The molecule has 1 unspecified atom stereocenters. The van der Waals surface area contributed by atoms with E-state index in [1.54, 1.807) is 19.4 Å². The van der Waals surface area contributed by atoms with Crippen molar-refractivity contribution in [1.82, 2.24) is 4.98 Å². The Balaban J connectivity index is 2.08. The van der Waals surface area contributed by atoms with Crippen LogP contribution in [0.1, 0.15) is 29.0 Å². The average molecular weight is 362 g/mol. The number of carbonyl (C=O) groups excluding carboxylic acids is 1. The van der Waals surface area contributed by atoms with Gasteiger partial charge in [-0.25, -0.2) is 0 Å². The third-order valence-corrected chi connectivity index (χ3v) is 4.34. The lowest BCUT2D eigenvalue weighted by molar-refractivity contribution is -0.137. The van der Waals surface area contributed by atoms with Crippen molar-refractivity contribution >= 4 is 16.8 Å². The highest BCUT2D eigenvalue weighted by Crippen LogP contribution is 2.36. The van der Waals surface area contributed by atoms with Gasteiger partial charge in [-0.1, -0.05) is 12.1 Å². The van der Waals surface area contributed by atoms with Crippen molar-refractivity contribution in [3.05, 3.63) is 65.4 Å². The van der Waals surface area contributed by atoms with Crippen LogP contribution in [0.25, 0.3) is 10.9 Å². The molecule has 136 valence electrons. The van der Waals surface area contributed by atoms with Crippen LogP contribution in [0.4, 0.5) is 13.2 Å². The fourth-order valence-electron chi connectivity index (χ4n) is 3.05. The standard InChI is InChI=1S/C19H17F3N2O2/c1-26-13-6-7-17-15(8-13)16(10-24-17)14(9-18(23)25)11-2-4-12(5-3-11)19(20,21)22/h2-8,10,14,24H,9H2,1H3,(H2,23,25). The average Bonchev–Trinajstić information content (AvgIpc) is 3.01. The molecule has 1 amide bonds. The van der Waals surface area contributed by atoms with Gasteiger partial charge in [0.15, 0.2) is 0 Å². The number of aromatic nitrogens is 1. The molecule has 26 heavy (non-hydrogen) atoms. The zero-order valence-corrected chi connectivity index (χ0v) is 13.9. The predicted molar refractivity (Wildman–Crippen MR) is 91.9 cm³/mol. The van der Waals surface area contributed by atoms with E-state index in [9.17, 15) is 18.0 Å². The molecule has 7 heteroatoms. The molecule has 0 aliphatic rings. The van der Waals surface area contributed by atoms with Crippen molar-refractivity contribution in [2.24, 2.45) is 5.73 Å². The highest BCUT2D eigenvalue weighted by molar-refractivity contribution is 5.87. The molecule has 1 heterocycles. The summed E-state index contributed by atoms with van der Waals surface area (Å²) in [6, 6.07) is 10.2. The summed E-state index contributed by atoms with van der Waals surface area (Å²) >= 11 is 0. The van der Waals surface area contributed by atoms with Crippen LogP contribution in [0.5, 0.6) is 5.75 Å². The van der Waals surface area contributed by atoms with Gasteiger partial charge in [0.2, 0.25) is 5.91 Å². The van der Waals surface area contributed by atoms with Crippen molar-refractivity contribution in [1.29, 1.82) is 0 Å². The summed E-state index contributed by atoms with van der Waals surface area (Å²) in [6.07, 6.45) is -2.68. The Morgan fingerprint density at radius 2 is 1.88 bits per heavy atom. The first-order valence-corrected chi connectivity index (χ1v) is 7.90. The normalized spacial score (nSPS) is 12.9. The van der Waals surface area contributed by atoms with Gasteiger partial charge in [-0.05, 0) is 41.5 Å². The number of carbonyl (C=O) groups is 1. The maximum absolute atomic E-state index is 12.8. The number of nitrogens with two attached hydrogens (primary N) is 1. The van der Waals surface area contributed by atoms with Gasteiger partial charge in [0.25, 0.3) is 0 Å². The molecule has 1 atom stereocenters. The van der Waals surface area contributed by atoms with E-state index in [-0.39, 0.29) is 6.42 Å². The molecular formula is C19H17F3N2O2. The fourth-order valence-corrected chi connectivity index (χ4v) is 3.05. The number of halogens is 3. The highest BCUT2D eigenvalue weighted by atomic mass is 19.4. The molecule has 0 aliphatic heterocycles.